The second-order valence-corrected chi connectivity index (χ2v) is 6.67. The lowest BCUT2D eigenvalue weighted by atomic mass is 9.77. The summed E-state index contributed by atoms with van der Waals surface area (Å²) in [6, 6.07) is 5.16. The minimum atomic E-state index is 0.700. The largest absolute Gasteiger partial charge is 0.314 e. The summed E-state index contributed by atoms with van der Waals surface area (Å²) in [5.74, 6) is 1.90. The van der Waals surface area contributed by atoms with Crippen molar-refractivity contribution in [3.05, 3.63) is 22.4 Å². The Bertz CT molecular complexity index is 312. The molecular weight excluding hydrogens is 238 g/mol. The molecule has 1 aromatic rings. The van der Waals surface area contributed by atoms with E-state index in [-0.39, 0.29) is 0 Å². The second-order valence-electron chi connectivity index (χ2n) is 5.64. The second kappa shape index (κ2) is 7.30. The molecule has 1 atom stereocenters. The fraction of sp³-hybridized carbons (Fsp3) is 0.750. The minimum Gasteiger partial charge on any atom is -0.314 e. The summed E-state index contributed by atoms with van der Waals surface area (Å²) in [5.41, 5.74) is 0. The zero-order chi connectivity index (χ0) is 12.8. The minimum absolute atomic E-state index is 0.700. The van der Waals surface area contributed by atoms with Gasteiger partial charge in [0.2, 0.25) is 0 Å². The lowest BCUT2D eigenvalue weighted by Crippen LogP contribution is -2.39. The number of nitrogens with one attached hydrogen (secondary N) is 1. The Morgan fingerprint density at radius 2 is 2.06 bits per heavy atom. The van der Waals surface area contributed by atoms with Gasteiger partial charge >= 0.3 is 0 Å². The van der Waals surface area contributed by atoms with Gasteiger partial charge in [-0.1, -0.05) is 39.2 Å². The van der Waals surface area contributed by atoms with Crippen molar-refractivity contribution in [1.82, 2.24) is 5.32 Å². The summed E-state index contributed by atoms with van der Waals surface area (Å²) in [4.78, 5) is 1.54. The lowest BCUT2D eigenvalue weighted by molar-refractivity contribution is 0.218. The summed E-state index contributed by atoms with van der Waals surface area (Å²) < 4.78 is 0. The van der Waals surface area contributed by atoms with E-state index in [1.807, 2.05) is 11.3 Å². The molecule has 1 N–H and O–H groups in total. The highest BCUT2D eigenvalue weighted by Gasteiger charge is 2.26. The Hall–Kier alpha value is -0.340. The highest BCUT2D eigenvalue weighted by molar-refractivity contribution is 7.09. The smallest absolute Gasteiger partial charge is 0.0143 e. The zero-order valence-electron chi connectivity index (χ0n) is 11.8. The van der Waals surface area contributed by atoms with E-state index in [0.29, 0.717) is 6.04 Å². The molecule has 1 fully saturated rings. The maximum Gasteiger partial charge on any atom is 0.0143 e. The van der Waals surface area contributed by atoms with Crippen LogP contribution in [0.15, 0.2) is 17.5 Å². The highest BCUT2D eigenvalue weighted by Crippen LogP contribution is 2.33. The molecule has 1 nitrogen and oxygen atoms in total. The molecule has 102 valence electrons. The average molecular weight is 265 g/mol. The Morgan fingerprint density at radius 3 is 2.61 bits per heavy atom. The lowest BCUT2D eigenvalue weighted by Gasteiger charge is -2.34. The van der Waals surface area contributed by atoms with E-state index in [1.165, 1.54) is 38.5 Å². The monoisotopic (exact) mass is 265 g/mol. The van der Waals surface area contributed by atoms with E-state index >= 15 is 0 Å². The summed E-state index contributed by atoms with van der Waals surface area (Å²) >= 11 is 1.91. The Balaban J connectivity index is 1.89. The fourth-order valence-corrected chi connectivity index (χ4v) is 4.08. The van der Waals surface area contributed by atoms with Gasteiger partial charge in [-0.3, -0.25) is 0 Å². The van der Waals surface area contributed by atoms with Crippen LogP contribution in [0, 0.1) is 11.8 Å². The molecule has 0 saturated heterocycles. The van der Waals surface area contributed by atoms with Crippen molar-refractivity contribution in [2.75, 3.05) is 6.54 Å². The van der Waals surface area contributed by atoms with Crippen LogP contribution in [0.2, 0.25) is 0 Å². The first-order valence-corrected chi connectivity index (χ1v) is 8.47. The fourth-order valence-electron chi connectivity index (χ4n) is 3.31. The van der Waals surface area contributed by atoms with Crippen molar-refractivity contribution >= 4 is 11.3 Å². The first kappa shape index (κ1) is 14.1. The maximum atomic E-state index is 3.73. The first-order chi connectivity index (χ1) is 8.83. The maximum absolute atomic E-state index is 3.73. The third-order valence-corrected chi connectivity index (χ3v) is 5.40. The number of hydrogen-bond donors (Lipinski definition) is 1. The van der Waals surface area contributed by atoms with E-state index < -0.39 is 0 Å². The van der Waals surface area contributed by atoms with Crippen molar-refractivity contribution in [1.29, 1.82) is 0 Å². The van der Waals surface area contributed by atoms with Gasteiger partial charge in [-0.05, 0) is 49.1 Å². The molecule has 1 aliphatic carbocycles. The van der Waals surface area contributed by atoms with E-state index in [9.17, 15) is 0 Å². The molecular formula is C16H27NS. The zero-order valence-corrected chi connectivity index (χ0v) is 12.6. The highest BCUT2D eigenvalue weighted by atomic mass is 32.1. The van der Waals surface area contributed by atoms with Crippen LogP contribution in [-0.2, 0) is 6.42 Å². The molecule has 18 heavy (non-hydrogen) atoms. The van der Waals surface area contributed by atoms with Gasteiger partial charge in [0, 0.05) is 10.9 Å². The predicted octanol–water partition coefficient (Wildman–Crippen LogP) is 4.49. The SMILES string of the molecule is CCNC(Cc1cccs1)C1CCC(CC)CC1. The number of likely N-dealkylation sites (N-methyl/N-ethyl adjacent to an activating group) is 1. The average Bonchev–Trinajstić information content (AvgIpc) is 2.91. The van der Waals surface area contributed by atoms with Crippen LogP contribution in [0.4, 0.5) is 0 Å². The number of thiophene rings is 1. The van der Waals surface area contributed by atoms with Gasteiger partial charge in [-0.2, -0.15) is 0 Å². The summed E-state index contributed by atoms with van der Waals surface area (Å²) in [5, 5.41) is 5.93. The number of hydrogen-bond acceptors (Lipinski definition) is 2. The first-order valence-electron chi connectivity index (χ1n) is 7.59. The van der Waals surface area contributed by atoms with Gasteiger partial charge in [0.1, 0.15) is 0 Å². The van der Waals surface area contributed by atoms with Crippen LogP contribution in [-0.4, -0.2) is 12.6 Å². The van der Waals surface area contributed by atoms with Crippen LogP contribution in [0.5, 0.6) is 0 Å². The molecule has 2 heteroatoms. The van der Waals surface area contributed by atoms with Crippen LogP contribution in [0.25, 0.3) is 0 Å². The molecule has 0 radical (unpaired) electrons. The molecule has 0 bridgehead atoms. The van der Waals surface area contributed by atoms with Gasteiger partial charge < -0.3 is 5.32 Å². The Labute approximate surface area is 116 Å². The summed E-state index contributed by atoms with van der Waals surface area (Å²) in [6.45, 7) is 5.68. The Morgan fingerprint density at radius 1 is 1.28 bits per heavy atom. The van der Waals surface area contributed by atoms with Crippen LogP contribution in [0.1, 0.15) is 50.8 Å². The van der Waals surface area contributed by atoms with E-state index in [0.717, 1.165) is 18.4 Å². The van der Waals surface area contributed by atoms with Crippen molar-refractivity contribution in [2.24, 2.45) is 11.8 Å². The molecule has 1 unspecified atom stereocenters. The molecule has 1 aliphatic rings. The van der Waals surface area contributed by atoms with Gasteiger partial charge in [0.05, 0.1) is 0 Å². The normalized spacial score (nSPS) is 26.1. The third kappa shape index (κ3) is 3.83. The molecule has 0 spiro atoms. The van der Waals surface area contributed by atoms with Crippen LogP contribution < -0.4 is 5.32 Å². The van der Waals surface area contributed by atoms with Crippen molar-refractivity contribution in [3.63, 3.8) is 0 Å². The van der Waals surface area contributed by atoms with Crippen LogP contribution in [0.3, 0.4) is 0 Å². The molecule has 1 heterocycles. The quantitative estimate of drug-likeness (QED) is 0.799. The van der Waals surface area contributed by atoms with Crippen LogP contribution >= 0.6 is 11.3 Å². The Kier molecular flexibility index (Phi) is 5.71. The molecule has 0 amide bonds. The van der Waals surface area contributed by atoms with Crippen molar-refractivity contribution < 1.29 is 0 Å². The van der Waals surface area contributed by atoms with Crippen molar-refractivity contribution in [2.45, 2.75) is 58.4 Å². The van der Waals surface area contributed by atoms with Gasteiger partial charge in [-0.25, -0.2) is 0 Å². The van der Waals surface area contributed by atoms with Gasteiger partial charge in [0.15, 0.2) is 0 Å². The molecule has 1 aromatic heterocycles. The van der Waals surface area contributed by atoms with Crippen molar-refractivity contribution in [3.8, 4) is 0 Å². The number of rotatable bonds is 6. The molecule has 0 aromatic carbocycles. The summed E-state index contributed by atoms with van der Waals surface area (Å²) in [7, 11) is 0. The molecule has 2 rings (SSSR count). The standard InChI is InChI=1S/C16H27NS/c1-3-13-7-9-14(10-8-13)16(17-4-2)12-15-6-5-11-18-15/h5-6,11,13-14,16-17H,3-4,7-10,12H2,1-2H3. The van der Waals surface area contributed by atoms with Gasteiger partial charge in [0.25, 0.3) is 0 Å². The van der Waals surface area contributed by atoms with Gasteiger partial charge in [-0.15, -0.1) is 11.3 Å². The molecule has 0 aliphatic heterocycles. The molecule has 1 saturated carbocycles. The summed E-state index contributed by atoms with van der Waals surface area (Å²) in [6.07, 6.45) is 8.38. The van der Waals surface area contributed by atoms with E-state index in [1.54, 1.807) is 4.88 Å². The third-order valence-electron chi connectivity index (χ3n) is 4.51. The van der Waals surface area contributed by atoms with E-state index in [2.05, 4.69) is 36.7 Å². The van der Waals surface area contributed by atoms with E-state index in [4.69, 9.17) is 0 Å². The topological polar surface area (TPSA) is 12.0 Å². The predicted molar refractivity (Wildman–Crippen MR) is 81.2 cm³/mol.